The second-order valence-corrected chi connectivity index (χ2v) is 9.78. The number of thiophene rings is 1. The molecule has 33 heavy (non-hydrogen) atoms. The zero-order chi connectivity index (χ0) is 24.0. The Hall–Kier alpha value is -3.57. The van der Waals surface area contributed by atoms with Crippen molar-refractivity contribution in [3.63, 3.8) is 0 Å². The third-order valence-corrected chi connectivity index (χ3v) is 7.35. The Morgan fingerprint density at radius 3 is 2.55 bits per heavy atom. The van der Waals surface area contributed by atoms with Gasteiger partial charge in [-0.15, -0.1) is 11.3 Å². The first-order valence-electron chi connectivity index (χ1n) is 10.4. The van der Waals surface area contributed by atoms with E-state index in [0.717, 1.165) is 21.6 Å². The van der Waals surface area contributed by atoms with Crippen LogP contribution in [0.4, 0.5) is 4.39 Å². The molecule has 0 unspecified atom stereocenters. The number of nitrogens with zero attached hydrogens (tertiary/aromatic N) is 4. The lowest BCUT2D eigenvalue weighted by Crippen LogP contribution is -2.52. The molecule has 4 rings (SSSR count). The van der Waals surface area contributed by atoms with Gasteiger partial charge >= 0.3 is 0 Å². The summed E-state index contributed by atoms with van der Waals surface area (Å²) in [4.78, 5) is 24.6. The predicted octanol–water partition coefficient (Wildman–Crippen LogP) is 4.54. The zero-order valence-corrected chi connectivity index (χ0v) is 19.7. The lowest BCUT2D eigenvalue weighted by Gasteiger charge is -2.40. The molecule has 0 bridgehead atoms. The van der Waals surface area contributed by atoms with Crippen LogP contribution in [0.25, 0.3) is 11.3 Å². The summed E-state index contributed by atoms with van der Waals surface area (Å²) in [5.74, 6) is -1.02. The van der Waals surface area contributed by atoms with Crippen LogP contribution in [0.15, 0.2) is 59.0 Å². The molecule has 3 aromatic rings. The van der Waals surface area contributed by atoms with Crippen LogP contribution in [-0.2, 0) is 15.7 Å². The van der Waals surface area contributed by atoms with Gasteiger partial charge in [0, 0.05) is 22.9 Å². The minimum absolute atomic E-state index is 0.149. The van der Waals surface area contributed by atoms with Crippen LogP contribution in [0.3, 0.4) is 0 Å². The minimum Gasteiger partial charge on any atom is -0.369 e. The molecule has 0 saturated carbocycles. The van der Waals surface area contributed by atoms with Crippen molar-refractivity contribution in [2.45, 2.75) is 37.6 Å². The van der Waals surface area contributed by atoms with E-state index in [1.54, 1.807) is 13.1 Å². The van der Waals surface area contributed by atoms with Crippen molar-refractivity contribution in [2.75, 3.05) is 7.05 Å². The van der Waals surface area contributed by atoms with E-state index in [-0.39, 0.29) is 11.9 Å². The van der Waals surface area contributed by atoms with E-state index >= 15 is 0 Å². The fourth-order valence-corrected chi connectivity index (χ4v) is 5.07. The number of carbonyl (C=O) groups excluding carboxylic acids is 1. The molecule has 8 heteroatoms. The maximum atomic E-state index is 13.4. The van der Waals surface area contributed by atoms with Crippen molar-refractivity contribution in [1.82, 2.24) is 9.88 Å². The number of nitriles is 1. The normalized spacial score (nSPS) is 21.0. The van der Waals surface area contributed by atoms with Crippen LogP contribution in [0, 0.1) is 17.1 Å². The maximum Gasteiger partial charge on any atom is 0.239 e. The number of benzene rings is 1. The number of halogens is 1. The molecule has 1 aromatic carbocycles. The lowest BCUT2D eigenvalue weighted by atomic mass is 9.76. The molecular formula is C25H24FN5OS. The molecule has 0 fully saturated rings. The summed E-state index contributed by atoms with van der Waals surface area (Å²) >= 11 is 1.46. The molecule has 0 radical (unpaired) electrons. The topological polar surface area (TPSA) is 95.4 Å². The summed E-state index contributed by atoms with van der Waals surface area (Å²) in [5, 5.41) is 11.4. The van der Waals surface area contributed by atoms with Crippen LogP contribution >= 0.6 is 11.3 Å². The smallest absolute Gasteiger partial charge is 0.239 e. The van der Waals surface area contributed by atoms with Gasteiger partial charge in [-0.3, -0.25) is 14.7 Å². The molecule has 2 aromatic heterocycles. The molecule has 1 aliphatic heterocycles. The number of carbonyl (C=O) groups is 1. The standard InChI is InChI=1S/C25H24FN5OS/c1-24(2,14-27)17-7-5-15(6-8-17)21-22(32)31(4)23(28)30-25(21,3)20-11-16(13-33-20)19-10-9-18(26)12-29-19/h5-13,21H,1-4H3,(H2,28,30)/t21-,25+/m0/s1. The van der Waals surface area contributed by atoms with Gasteiger partial charge in [0.15, 0.2) is 5.96 Å². The third kappa shape index (κ3) is 3.89. The number of aromatic nitrogens is 1. The Balaban J connectivity index is 1.80. The zero-order valence-electron chi connectivity index (χ0n) is 18.8. The van der Waals surface area contributed by atoms with Crippen molar-refractivity contribution in [2.24, 2.45) is 10.7 Å². The summed E-state index contributed by atoms with van der Waals surface area (Å²) in [6, 6.07) is 14.8. The van der Waals surface area contributed by atoms with Gasteiger partial charge in [-0.05, 0) is 50.1 Å². The second kappa shape index (κ2) is 8.09. The summed E-state index contributed by atoms with van der Waals surface area (Å²) in [6.07, 6.45) is 1.18. The van der Waals surface area contributed by atoms with Crippen LogP contribution in [0.1, 0.15) is 42.7 Å². The van der Waals surface area contributed by atoms with E-state index in [9.17, 15) is 14.4 Å². The van der Waals surface area contributed by atoms with E-state index in [1.807, 2.05) is 56.5 Å². The maximum absolute atomic E-state index is 13.4. The molecule has 1 aliphatic rings. The van der Waals surface area contributed by atoms with E-state index in [2.05, 4.69) is 11.1 Å². The van der Waals surface area contributed by atoms with E-state index in [1.165, 1.54) is 28.5 Å². The average Bonchev–Trinajstić information content (AvgIpc) is 3.30. The van der Waals surface area contributed by atoms with Gasteiger partial charge in [0.25, 0.3) is 0 Å². The van der Waals surface area contributed by atoms with Crippen molar-refractivity contribution >= 4 is 23.2 Å². The Morgan fingerprint density at radius 2 is 1.94 bits per heavy atom. The number of guanidine groups is 1. The number of nitrogens with two attached hydrogens (primary N) is 1. The number of aliphatic imine (C=N–C) groups is 1. The monoisotopic (exact) mass is 461 g/mol. The number of amides is 1. The molecule has 168 valence electrons. The number of hydrogen-bond donors (Lipinski definition) is 1. The van der Waals surface area contributed by atoms with Crippen molar-refractivity contribution in [3.05, 3.63) is 75.9 Å². The molecule has 1 amide bonds. The SMILES string of the molecule is CN1C(=O)[C@H](c2ccc(C(C)(C)C#N)cc2)[C@@](C)(c2cc(-c3ccc(F)cn3)cs2)N=C1N. The molecule has 0 aliphatic carbocycles. The highest BCUT2D eigenvalue weighted by atomic mass is 32.1. The minimum atomic E-state index is -0.942. The van der Waals surface area contributed by atoms with Crippen LogP contribution in [0.5, 0.6) is 0 Å². The molecule has 2 atom stereocenters. The van der Waals surface area contributed by atoms with Crippen LogP contribution in [0.2, 0.25) is 0 Å². The molecular weight excluding hydrogens is 437 g/mol. The van der Waals surface area contributed by atoms with Gasteiger partial charge in [0.1, 0.15) is 11.4 Å². The molecule has 0 saturated heterocycles. The Kier molecular flexibility index (Phi) is 5.54. The summed E-state index contributed by atoms with van der Waals surface area (Å²) < 4.78 is 13.3. The highest BCUT2D eigenvalue weighted by Crippen LogP contribution is 2.47. The Labute approximate surface area is 196 Å². The third-order valence-electron chi connectivity index (χ3n) is 6.20. The first kappa shape index (κ1) is 22.6. The Bertz CT molecular complexity index is 1270. The van der Waals surface area contributed by atoms with Crippen molar-refractivity contribution in [1.29, 1.82) is 5.26 Å². The van der Waals surface area contributed by atoms with E-state index in [0.29, 0.717) is 5.69 Å². The first-order chi connectivity index (χ1) is 15.6. The van der Waals surface area contributed by atoms with E-state index < -0.39 is 22.7 Å². The molecule has 2 N–H and O–H groups in total. The fraction of sp³-hybridized carbons (Fsp3) is 0.280. The second-order valence-electron chi connectivity index (χ2n) is 8.87. The number of pyridine rings is 1. The van der Waals surface area contributed by atoms with E-state index in [4.69, 9.17) is 10.7 Å². The van der Waals surface area contributed by atoms with Crippen LogP contribution < -0.4 is 5.73 Å². The summed E-state index contributed by atoms with van der Waals surface area (Å²) in [6.45, 7) is 5.61. The number of rotatable bonds is 4. The van der Waals surface area contributed by atoms with Crippen molar-refractivity contribution in [3.8, 4) is 17.3 Å². The highest BCUT2D eigenvalue weighted by Gasteiger charge is 2.48. The van der Waals surface area contributed by atoms with Crippen molar-refractivity contribution < 1.29 is 9.18 Å². The average molecular weight is 462 g/mol. The van der Waals surface area contributed by atoms with Crippen LogP contribution in [-0.4, -0.2) is 28.8 Å². The summed E-state index contributed by atoms with van der Waals surface area (Å²) in [5.41, 5.74) is 7.67. The van der Waals surface area contributed by atoms with Gasteiger partial charge in [0.05, 0.1) is 29.3 Å². The van der Waals surface area contributed by atoms with Gasteiger partial charge in [0.2, 0.25) is 5.91 Å². The molecule has 3 heterocycles. The Morgan fingerprint density at radius 1 is 1.24 bits per heavy atom. The summed E-state index contributed by atoms with van der Waals surface area (Å²) in [7, 11) is 1.61. The first-order valence-corrected chi connectivity index (χ1v) is 11.3. The highest BCUT2D eigenvalue weighted by molar-refractivity contribution is 7.10. The van der Waals surface area contributed by atoms with Gasteiger partial charge in [-0.25, -0.2) is 9.38 Å². The van der Waals surface area contributed by atoms with Gasteiger partial charge in [-0.2, -0.15) is 5.26 Å². The lowest BCUT2D eigenvalue weighted by molar-refractivity contribution is -0.130. The molecule has 0 spiro atoms. The quantitative estimate of drug-likeness (QED) is 0.617. The molecule has 6 nitrogen and oxygen atoms in total. The fourth-order valence-electron chi connectivity index (χ4n) is 4.03. The number of hydrogen-bond acceptors (Lipinski definition) is 6. The predicted molar refractivity (Wildman–Crippen MR) is 127 cm³/mol. The van der Waals surface area contributed by atoms with Gasteiger partial charge in [-0.1, -0.05) is 24.3 Å². The largest absolute Gasteiger partial charge is 0.369 e. The number of likely N-dealkylation sites (N-methyl/N-ethyl adjacent to an activating group) is 1. The van der Waals surface area contributed by atoms with Gasteiger partial charge < -0.3 is 5.73 Å².